The highest BCUT2D eigenvalue weighted by Gasteiger charge is 2.10. The lowest BCUT2D eigenvalue weighted by molar-refractivity contribution is 0.140. The Hall–Kier alpha value is -1.41. The van der Waals surface area contributed by atoms with E-state index >= 15 is 0 Å². The molecule has 82 valence electrons. The van der Waals surface area contributed by atoms with Gasteiger partial charge in [0.05, 0.1) is 12.7 Å². The average molecular weight is 208 g/mol. The van der Waals surface area contributed by atoms with Crippen LogP contribution >= 0.6 is 0 Å². The van der Waals surface area contributed by atoms with Crippen molar-refractivity contribution in [2.45, 2.75) is 18.6 Å². The first-order valence-electron chi connectivity index (χ1n) is 4.59. The number of aliphatic hydroxyl groups excluding tert-OH is 2. The Morgan fingerprint density at radius 2 is 1.80 bits per heavy atom. The fourth-order valence-corrected chi connectivity index (χ4v) is 1.17. The van der Waals surface area contributed by atoms with Gasteiger partial charge in [0.1, 0.15) is 0 Å². The molecule has 4 nitrogen and oxygen atoms in total. The molecule has 4 heteroatoms. The molecule has 4 N–H and O–H groups in total. The molecule has 0 amide bonds. The summed E-state index contributed by atoms with van der Waals surface area (Å²) in [5.41, 5.74) is 6.34. The van der Waals surface area contributed by atoms with Gasteiger partial charge in [-0.3, -0.25) is 0 Å². The third kappa shape index (κ3) is 5.13. The van der Waals surface area contributed by atoms with Gasteiger partial charge >= 0.3 is 0 Å². The standard InChI is InChI=1S/C10H15NO2.CHN/c11-9(7-12)6-10(13)8-4-2-1-3-5-8;1-2/h1-5,9-10,12-13H,6-7,11H2;1H/t9-,10-;/m1./s1. The van der Waals surface area contributed by atoms with Gasteiger partial charge in [-0.25, -0.2) is 5.26 Å². The second kappa shape index (κ2) is 7.94. The second-order valence-electron chi connectivity index (χ2n) is 3.10. The monoisotopic (exact) mass is 208 g/mol. The van der Waals surface area contributed by atoms with E-state index in [2.05, 4.69) is 6.57 Å². The molecule has 2 atom stereocenters. The van der Waals surface area contributed by atoms with Crippen LogP contribution in [0, 0.1) is 11.8 Å². The van der Waals surface area contributed by atoms with E-state index in [0.29, 0.717) is 6.42 Å². The summed E-state index contributed by atoms with van der Waals surface area (Å²) in [5, 5.41) is 24.8. The molecular weight excluding hydrogens is 192 g/mol. The Kier molecular flexibility index (Phi) is 7.20. The molecule has 0 fully saturated rings. The van der Waals surface area contributed by atoms with Gasteiger partial charge in [0.2, 0.25) is 0 Å². The van der Waals surface area contributed by atoms with Gasteiger partial charge < -0.3 is 15.9 Å². The van der Waals surface area contributed by atoms with Crippen molar-refractivity contribution in [2.75, 3.05) is 6.61 Å². The highest BCUT2D eigenvalue weighted by atomic mass is 16.3. The maximum Gasteiger partial charge on any atom is 0.0805 e. The van der Waals surface area contributed by atoms with E-state index in [-0.39, 0.29) is 12.6 Å². The van der Waals surface area contributed by atoms with Crippen molar-refractivity contribution in [1.29, 1.82) is 5.26 Å². The summed E-state index contributed by atoms with van der Waals surface area (Å²) in [6.07, 6.45) is -0.191. The smallest absolute Gasteiger partial charge is 0.0805 e. The summed E-state index contributed by atoms with van der Waals surface area (Å²) < 4.78 is 0. The van der Waals surface area contributed by atoms with Crippen molar-refractivity contribution in [3.05, 3.63) is 35.9 Å². The van der Waals surface area contributed by atoms with Crippen molar-refractivity contribution in [1.82, 2.24) is 0 Å². The summed E-state index contributed by atoms with van der Waals surface area (Å²) >= 11 is 0. The highest BCUT2D eigenvalue weighted by molar-refractivity contribution is 5.17. The first-order valence-corrected chi connectivity index (χ1v) is 4.59. The average Bonchev–Trinajstić information content (AvgIpc) is 2.32. The molecule has 0 radical (unpaired) electrons. The third-order valence-corrected chi connectivity index (χ3v) is 1.94. The van der Waals surface area contributed by atoms with Crippen molar-refractivity contribution in [3.63, 3.8) is 0 Å². The van der Waals surface area contributed by atoms with Crippen LogP contribution in [-0.4, -0.2) is 22.9 Å². The molecule has 0 unspecified atom stereocenters. The Morgan fingerprint density at radius 1 is 1.27 bits per heavy atom. The van der Waals surface area contributed by atoms with Gasteiger partial charge in [0, 0.05) is 12.6 Å². The van der Waals surface area contributed by atoms with Crippen molar-refractivity contribution in [3.8, 4) is 6.57 Å². The quantitative estimate of drug-likeness (QED) is 0.674. The zero-order chi connectivity index (χ0) is 11.7. The van der Waals surface area contributed by atoms with Gasteiger partial charge in [0.15, 0.2) is 0 Å². The number of nitrogens with zero attached hydrogens (tertiary/aromatic N) is 1. The maximum absolute atomic E-state index is 9.63. The number of hydrogen-bond donors (Lipinski definition) is 3. The fourth-order valence-electron chi connectivity index (χ4n) is 1.17. The van der Waals surface area contributed by atoms with Gasteiger partial charge in [0.25, 0.3) is 0 Å². The summed E-state index contributed by atoms with van der Waals surface area (Å²) in [7, 11) is 0. The van der Waals surface area contributed by atoms with Crippen molar-refractivity contribution < 1.29 is 10.2 Å². The Balaban J connectivity index is 0.000000921. The molecule has 0 bridgehead atoms. The lowest BCUT2D eigenvalue weighted by Gasteiger charge is -2.14. The largest absolute Gasteiger partial charge is 0.395 e. The van der Waals surface area contributed by atoms with Crippen molar-refractivity contribution >= 4 is 0 Å². The molecule has 0 saturated carbocycles. The topological polar surface area (TPSA) is 90.3 Å². The van der Waals surface area contributed by atoms with E-state index in [1.165, 1.54) is 0 Å². The van der Waals surface area contributed by atoms with Gasteiger partial charge in [-0.15, -0.1) is 0 Å². The number of nitriles is 1. The van der Waals surface area contributed by atoms with Gasteiger partial charge in [-0.1, -0.05) is 30.3 Å². The molecule has 1 aromatic carbocycles. The summed E-state index contributed by atoms with van der Waals surface area (Å²) in [6, 6.07) is 8.95. The third-order valence-electron chi connectivity index (χ3n) is 1.94. The first kappa shape index (κ1) is 13.6. The number of nitrogens with two attached hydrogens (primary N) is 1. The van der Waals surface area contributed by atoms with Crippen molar-refractivity contribution in [2.24, 2.45) is 5.73 Å². The van der Waals surface area contributed by atoms with E-state index < -0.39 is 6.10 Å². The number of aliphatic hydroxyl groups is 2. The summed E-state index contributed by atoms with van der Waals surface area (Å²) in [5.74, 6) is 0. The maximum atomic E-state index is 9.63. The molecule has 0 aliphatic rings. The summed E-state index contributed by atoms with van der Waals surface area (Å²) in [6.45, 7) is 3.41. The second-order valence-corrected chi connectivity index (χ2v) is 3.10. The van der Waals surface area contributed by atoms with Crippen LogP contribution in [0.15, 0.2) is 30.3 Å². The molecular formula is C11H16N2O2. The SMILES string of the molecule is C#N.N[C@@H](CO)C[C@@H](O)c1ccccc1. The Bertz CT molecular complexity index is 274. The van der Waals surface area contributed by atoms with Crippen LogP contribution in [0.1, 0.15) is 18.1 Å². The van der Waals surface area contributed by atoms with E-state index in [1.807, 2.05) is 30.3 Å². The summed E-state index contributed by atoms with van der Waals surface area (Å²) in [4.78, 5) is 0. The zero-order valence-electron chi connectivity index (χ0n) is 8.45. The molecule has 0 spiro atoms. The molecule has 1 rings (SSSR count). The minimum Gasteiger partial charge on any atom is -0.395 e. The highest BCUT2D eigenvalue weighted by Crippen LogP contribution is 2.16. The fraction of sp³-hybridized carbons (Fsp3) is 0.364. The number of hydrogen-bond acceptors (Lipinski definition) is 4. The molecule has 0 aromatic heterocycles. The molecule has 0 heterocycles. The molecule has 0 saturated heterocycles. The Labute approximate surface area is 89.6 Å². The van der Waals surface area contributed by atoms with E-state index in [1.54, 1.807) is 0 Å². The van der Waals surface area contributed by atoms with Crippen LogP contribution in [0.2, 0.25) is 0 Å². The zero-order valence-corrected chi connectivity index (χ0v) is 8.45. The van der Waals surface area contributed by atoms with Crippen LogP contribution in [0.3, 0.4) is 0 Å². The lowest BCUT2D eigenvalue weighted by atomic mass is 10.0. The van der Waals surface area contributed by atoms with Crippen LogP contribution in [-0.2, 0) is 0 Å². The minimum atomic E-state index is -0.580. The number of benzene rings is 1. The number of rotatable bonds is 4. The normalized spacial score (nSPS) is 13.4. The van der Waals surface area contributed by atoms with Crippen LogP contribution in [0.25, 0.3) is 0 Å². The van der Waals surface area contributed by atoms with E-state index in [9.17, 15) is 5.11 Å². The molecule has 0 aliphatic heterocycles. The van der Waals surface area contributed by atoms with E-state index in [4.69, 9.17) is 16.1 Å². The van der Waals surface area contributed by atoms with E-state index in [0.717, 1.165) is 5.56 Å². The molecule has 0 aliphatic carbocycles. The van der Waals surface area contributed by atoms with Gasteiger partial charge in [-0.2, -0.15) is 0 Å². The van der Waals surface area contributed by atoms with Crippen LogP contribution < -0.4 is 5.73 Å². The minimum absolute atomic E-state index is 0.0934. The predicted octanol–water partition coefficient (Wildman–Crippen LogP) is 0.569. The van der Waals surface area contributed by atoms with Gasteiger partial charge in [-0.05, 0) is 12.0 Å². The van der Waals surface area contributed by atoms with Crippen LogP contribution in [0.4, 0.5) is 0 Å². The van der Waals surface area contributed by atoms with Crippen LogP contribution in [0.5, 0.6) is 0 Å². The Morgan fingerprint density at radius 3 is 2.27 bits per heavy atom. The lowest BCUT2D eigenvalue weighted by Crippen LogP contribution is -2.26. The molecule has 15 heavy (non-hydrogen) atoms. The predicted molar refractivity (Wildman–Crippen MR) is 57.8 cm³/mol. The molecule has 1 aromatic rings. The first-order chi connectivity index (χ1) is 7.24.